The molecule has 0 spiro atoms. The minimum absolute atomic E-state index is 0.0759. The van der Waals surface area contributed by atoms with Crippen LogP contribution in [0.4, 0.5) is 4.39 Å². The highest BCUT2D eigenvalue weighted by Gasteiger charge is 2.10. The SMILES string of the molecule is CCC(Cl)CCNC(=O)c1ccc(F)cc1Br. The van der Waals surface area contributed by atoms with Crippen molar-refractivity contribution in [2.24, 2.45) is 0 Å². The van der Waals surface area contributed by atoms with Crippen molar-refractivity contribution in [3.63, 3.8) is 0 Å². The van der Waals surface area contributed by atoms with Crippen molar-refractivity contribution in [3.8, 4) is 0 Å². The third kappa shape index (κ3) is 4.64. The number of rotatable bonds is 5. The maximum absolute atomic E-state index is 12.8. The fourth-order valence-electron chi connectivity index (χ4n) is 1.32. The first kappa shape index (κ1) is 14.5. The van der Waals surface area contributed by atoms with Gasteiger partial charge >= 0.3 is 0 Å². The maximum Gasteiger partial charge on any atom is 0.252 e. The molecule has 0 aliphatic carbocycles. The van der Waals surface area contributed by atoms with Gasteiger partial charge < -0.3 is 5.32 Å². The Hall–Kier alpha value is -0.610. The van der Waals surface area contributed by atoms with E-state index in [0.29, 0.717) is 16.6 Å². The molecular formula is C12H14BrClFNO. The average Bonchev–Trinajstić information content (AvgIpc) is 2.28. The van der Waals surface area contributed by atoms with Crippen LogP contribution in [0.5, 0.6) is 0 Å². The van der Waals surface area contributed by atoms with Crippen molar-refractivity contribution in [3.05, 3.63) is 34.1 Å². The summed E-state index contributed by atoms with van der Waals surface area (Å²) in [6, 6.07) is 3.98. The lowest BCUT2D eigenvalue weighted by Crippen LogP contribution is -2.26. The van der Waals surface area contributed by atoms with Crippen molar-refractivity contribution < 1.29 is 9.18 Å². The van der Waals surface area contributed by atoms with Gasteiger partial charge in [0, 0.05) is 16.4 Å². The zero-order chi connectivity index (χ0) is 12.8. The summed E-state index contributed by atoms with van der Waals surface area (Å²) < 4.78 is 13.3. The number of benzene rings is 1. The summed E-state index contributed by atoms with van der Waals surface area (Å²) in [5.74, 6) is -0.600. The maximum atomic E-state index is 12.8. The van der Waals surface area contributed by atoms with Crippen LogP contribution in [0, 0.1) is 5.82 Å². The Morgan fingerprint density at radius 2 is 2.29 bits per heavy atom. The molecular weight excluding hydrogens is 308 g/mol. The predicted molar refractivity (Wildman–Crippen MR) is 71.0 cm³/mol. The Labute approximate surface area is 114 Å². The van der Waals surface area contributed by atoms with E-state index in [4.69, 9.17) is 11.6 Å². The van der Waals surface area contributed by atoms with E-state index in [-0.39, 0.29) is 17.1 Å². The molecule has 0 aliphatic heterocycles. The number of nitrogens with one attached hydrogen (secondary N) is 1. The monoisotopic (exact) mass is 321 g/mol. The molecule has 0 bridgehead atoms. The quantitative estimate of drug-likeness (QED) is 0.822. The van der Waals surface area contributed by atoms with Gasteiger partial charge in [-0.15, -0.1) is 11.6 Å². The Morgan fingerprint density at radius 3 is 2.88 bits per heavy atom. The molecule has 0 fully saturated rings. The van der Waals surface area contributed by atoms with Crippen LogP contribution in [0.1, 0.15) is 30.1 Å². The molecule has 0 saturated heterocycles. The highest BCUT2D eigenvalue weighted by molar-refractivity contribution is 9.10. The summed E-state index contributed by atoms with van der Waals surface area (Å²) in [5, 5.41) is 2.82. The molecule has 17 heavy (non-hydrogen) atoms. The standard InChI is InChI=1S/C12H14BrClFNO/c1-2-8(14)5-6-16-12(17)10-4-3-9(15)7-11(10)13/h3-4,7-8H,2,5-6H2,1H3,(H,16,17). The number of hydrogen-bond donors (Lipinski definition) is 1. The highest BCUT2D eigenvalue weighted by Crippen LogP contribution is 2.17. The van der Waals surface area contributed by atoms with E-state index in [0.717, 1.165) is 12.8 Å². The van der Waals surface area contributed by atoms with Gasteiger partial charge in [-0.05, 0) is 47.0 Å². The summed E-state index contributed by atoms with van der Waals surface area (Å²) in [6.45, 7) is 2.51. The van der Waals surface area contributed by atoms with Crippen molar-refractivity contribution in [2.75, 3.05) is 6.54 Å². The lowest BCUT2D eigenvalue weighted by atomic mass is 10.2. The molecule has 1 atom stereocenters. The highest BCUT2D eigenvalue weighted by atomic mass is 79.9. The van der Waals surface area contributed by atoms with E-state index in [9.17, 15) is 9.18 Å². The predicted octanol–water partition coefficient (Wildman–Crippen LogP) is 3.73. The number of hydrogen-bond acceptors (Lipinski definition) is 1. The van der Waals surface area contributed by atoms with Crippen LogP contribution in [0.3, 0.4) is 0 Å². The molecule has 0 aliphatic rings. The summed E-state index contributed by atoms with van der Waals surface area (Å²) in [7, 11) is 0. The van der Waals surface area contributed by atoms with Crippen LogP contribution in [0.15, 0.2) is 22.7 Å². The van der Waals surface area contributed by atoms with E-state index in [1.807, 2.05) is 6.92 Å². The second-order valence-electron chi connectivity index (χ2n) is 3.67. The Balaban J connectivity index is 2.52. The van der Waals surface area contributed by atoms with Crippen molar-refractivity contribution in [1.82, 2.24) is 5.32 Å². The van der Waals surface area contributed by atoms with Gasteiger partial charge in [0.05, 0.1) is 5.56 Å². The fraction of sp³-hybridized carbons (Fsp3) is 0.417. The normalized spacial score (nSPS) is 12.2. The first-order chi connectivity index (χ1) is 8.04. The first-order valence-electron chi connectivity index (χ1n) is 5.42. The van der Waals surface area contributed by atoms with Crippen LogP contribution >= 0.6 is 27.5 Å². The van der Waals surface area contributed by atoms with Gasteiger partial charge in [-0.3, -0.25) is 4.79 Å². The smallest absolute Gasteiger partial charge is 0.252 e. The van der Waals surface area contributed by atoms with Crippen LogP contribution in [0.25, 0.3) is 0 Å². The molecule has 1 N–H and O–H groups in total. The Bertz CT molecular complexity index is 400. The molecule has 1 aromatic carbocycles. The lowest BCUT2D eigenvalue weighted by Gasteiger charge is -2.09. The Kier molecular flexibility index (Phi) is 5.92. The van der Waals surface area contributed by atoms with Gasteiger partial charge in [-0.1, -0.05) is 6.92 Å². The van der Waals surface area contributed by atoms with E-state index in [1.165, 1.54) is 18.2 Å². The number of halogens is 3. The van der Waals surface area contributed by atoms with Crippen molar-refractivity contribution >= 4 is 33.4 Å². The van der Waals surface area contributed by atoms with Crippen LogP contribution < -0.4 is 5.32 Å². The van der Waals surface area contributed by atoms with Gasteiger partial charge in [0.2, 0.25) is 0 Å². The van der Waals surface area contributed by atoms with Crippen LogP contribution in [0.2, 0.25) is 0 Å². The molecule has 1 rings (SSSR count). The largest absolute Gasteiger partial charge is 0.352 e. The van der Waals surface area contributed by atoms with Gasteiger partial charge in [0.15, 0.2) is 0 Å². The number of amides is 1. The van der Waals surface area contributed by atoms with E-state index >= 15 is 0 Å². The topological polar surface area (TPSA) is 29.1 Å². The first-order valence-corrected chi connectivity index (χ1v) is 6.64. The van der Waals surface area contributed by atoms with Gasteiger partial charge in [-0.25, -0.2) is 4.39 Å². The zero-order valence-corrected chi connectivity index (χ0v) is 11.8. The summed E-state index contributed by atoms with van der Waals surface area (Å²) >= 11 is 9.09. The van der Waals surface area contributed by atoms with Gasteiger partial charge in [-0.2, -0.15) is 0 Å². The fourth-order valence-corrected chi connectivity index (χ4v) is 1.96. The molecule has 0 radical (unpaired) electrons. The average molecular weight is 323 g/mol. The molecule has 0 saturated carbocycles. The second kappa shape index (κ2) is 6.97. The minimum atomic E-state index is -0.375. The molecule has 1 aromatic rings. The number of carbonyl (C=O) groups is 1. The molecule has 0 aromatic heterocycles. The van der Waals surface area contributed by atoms with Crippen molar-refractivity contribution in [1.29, 1.82) is 0 Å². The zero-order valence-electron chi connectivity index (χ0n) is 9.47. The second-order valence-corrected chi connectivity index (χ2v) is 5.15. The summed E-state index contributed by atoms with van der Waals surface area (Å²) in [6.07, 6.45) is 1.60. The molecule has 1 unspecified atom stereocenters. The van der Waals surface area contributed by atoms with Crippen molar-refractivity contribution in [2.45, 2.75) is 25.1 Å². The molecule has 94 valence electrons. The third-order valence-corrected chi connectivity index (χ3v) is 3.54. The summed E-state index contributed by atoms with van der Waals surface area (Å²) in [4.78, 5) is 11.7. The van der Waals surface area contributed by atoms with Crippen LogP contribution in [-0.4, -0.2) is 17.8 Å². The van der Waals surface area contributed by atoms with Crippen LogP contribution in [-0.2, 0) is 0 Å². The van der Waals surface area contributed by atoms with E-state index in [2.05, 4.69) is 21.2 Å². The lowest BCUT2D eigenvalue weighted by molar-refractivity contribution is 0.0952. The van der Waals surface area contributed by atoms with Gasteiger partial charge in [0.25, 0.3) is 5.91 Å². The van der Waals surface area contributed by atoms with E-state index < -0.39 is 0 Å². The molecule has 5 heteroatoms. The number of carbonyl (C=O) groups excluding carboxylic acids is 1. The molecule has 1 amide bonds. The Morgan fingerprint density at radius 1 is 1.59 bits per heavy atom. The number of alkyl halides is 1. The minimum Gasteiger partial charge on any atom is -0.352 e. The summed E-state index contributed by atoms with van der Waals surface area (Å²) in [5.41, 5.74) is 0.425. The third-order valence-electron chi connectivity index (χ3n) is 2.36. The van der Waals surface area contributed by atoms with Gasteiger partial charge in [0.1, 0.15) is 5.82 Å². The van der Waals surface area contributed by atoms with E-state index in [1.54, 1.807) is 0 Å². The molecule has 0 heterocycles. The molecule has 2 nitrogen and oxygen atoms in total.